The van der Waals surface area contributed by atoms with Gasteiger partial charge in [-0.1, -0.05) is 12.1 Å². The summed E-state index contributed by atoms with van der Waals surface area (Å²) in [6.07, 6.45) is 3.57. The predicted octanol–water partition coefficient (Wildman–Crippen LogP) is 3.73. The molecule has 0 saturated carbocycles. The zero-order valence-electron chi connectivity index (χ0n) is 18.7. The molecule has 1 N–H and O–H groups in total. The first-order chi connectivity index (χ1) is 15.4. The van der Waals surface area contributed by atoms with Gasteiger partial charge in [0.05, 0.1) is 24.4 Å². The number of aromatic nitrogens is 3. The maximum atomic E-state index is 12.4. The minimum atomic E-state index is -0.308. The number of carbonyl (C=O) groups excluding carboxylic acids is 1. The first kappa shape index (κ1) is 22.0. The van der Waals surface area contributed by atoms with Gasteiger partial charge in [0.1, 0.15) is 12.4 Å². The van der Waals surface area contributed by atoms with Gasteiger partial charge in [-0.3, -0.25) is 9.78 Å². The molecule has 32 heavy (non-hydrogen) atoms. The van der Waals surface area contributed by atoms with Crippen LogP contribution in [0.25, 0.3) is 5.82 Å². The Bertz CT molecular complexity index is 1140. The number of esters is 1. The Morgan fingerprint density at radius 2 is 1.94 bits per heavy atom. The largest absolute Gasteiger partial charge is 0.465 e. The molecule has 1 aliphatic heterocycles. The number of rotatable bonds is 6. The van der Waals surface area contributed by atoms with Gasteiger partial charge in [0.15, 0.2) is 5.11 Å². The highest BCUT2D eigenvalue weighted by Crippen LogP contribution is 2.41. The number of carbonyl (C=O) groups is 1. The van der Waals surface area contributed by atoms with Gasteiger partial charge in [-0.25, -0.2) is 4.98 Å². The lowest BCUT2D eigenvalue weighted by Gasteiger charge is -2.27. The molecule has 7 nitrogen and oxygen atoms in total. The highest BCUT2D eigenvalue weighted by molar-refractivity contribution is 7.80. The van der Waals surface area contributed by atoms with Crippen molar-refractivity contribution >= 4 is 23.3 Å². The van der Waals surface area contributed by atoms with Crippen molar-refractivity contribution in [3.05, 3.63) is 77.0 Å². The molecule has 0 spiro atoms. The topological polar surface area (TPSA) is 72.3 Å². The molecule has 2 atom stereocenters. The summed E-state index contributed by atoms with van der Waals surface area (Å²) in [6.45, 7) is 8.40. The zero-order valence-corrected chi connectivity index (χ0v) is 19.5. The standard InChI is InChI=1S/C24H27N5O2S/c1-5-31-20(30)14-28-22(21(27-24(28)32)19-10-6-7-11-25-19)18-13-16(3)29(17(18)4)23-15(2)9-8-12-26-23/h6-13,21-22H,5,14H2,1-4H3,(H,27,32)/t21-,22+/m0/s1. The third-order valence-electron chi connectivity index (χ3n) is 5.79. The second kappa shape index (κ2) is 9.08. The molecule has 0 amide bonds. The summed E-state index contributed by atoms with van der Waals surface area (Å²) in [6, 6.07) is 11.5. The van der Waals surface area contributed by atoms with Crippen LogP contribution in [-0.2, 0) is 9.53 Å². The molecule has 0 aromatic carbocycles. The monoisotopic (exact) mass is 449 g/mol. The van der Waals surface area contributed by atoms with E-state index >= 15 is 0 Å². The van der Waals surface area contributed by atoms with Crippen LogP contribution in [0.4, 0.5) is 0 Å². The number of aryl methyl sites for hydroxylation is 2. The third-order valence-corrected chi connectivity index (χ3v) is 6.14. The lowest BCUT2D eigenvalue weighted by atomic mass is 9.97. The Kier molecular flexibility index (Phi) is 6.23. The average molecular weight is 450 g/mol. The van der Waals surface area contributed by atoms with Gasteiger partial charge in [-0.05, 0) is 75.3 Å². The number of ether oxygens (including phenoxy) is 1. The second-order valence-electron chi connectivity index (χ2n) is 7.87. The van der Waals surface area contributed by atoms with Crippen LogP contribution in [0.3, 0.4) is 0 Å². The molecule has 4 rings (SSSR count). The molecule has 4 heterocycles. The van der Waals surface area contributed by atoms with Crippen molar-refractivity contribution in [2.24, 2.45) is 0 Å². The Labute approximate surface area is 193 Å². The van der Waals surface area contributed by atoms with Crippen LogP contribution in [0.1, 0.15) is 47.2 Å². The summed E-state index contributed by atoms with van der Waals surface area (Å²) < 4.78 is 7.38. The molecular formula is C24H27N5O2S. The van der Waals surface area contributed by atoms with Gasteiger partial charge in [-0.2, -0.15) is 0 Å². The van der Waals surface area contributed by atoms with Crippen molar-refractivity contribution in [1.82, 2.24) is 24.8 Å². The fourth-order valence-electron chi connectivity index (χ4n) is 4.38. The molecule has 1 saturated heterocycles. The van der Waals surface area contributed by atoms with Gasteiger partial charge in [0.25, 0.3) is 0 Å². The maximum absolute atomic E-state index is 12.4. The van der Waals surface area contributed by atoms with E-state index in [1.807, 2.05) is 29.2 Å². The van der Waals surface area contributed by atoms with Crippen LogP contribution in [0, 0.1) is 20.8 Å². The van der Waals surface area contributed by atoms with Crippen molar-refractivity contribution in [2.45, 2.75) is 39.8 Å². The van der Waals surface area contributed by atoms with Crippen LogP contribution < -0.4 is 5.32 Å². The molecule has 8 heteroatoms. The number of thiocarbonyl (C=S) groups is 1. The average Bonchev–Trinajstić information content (AvgIpc) is 3.25. The Morgan fingerprint density at radius 1 is 1.16 bits per heavy atom. The summed E-state index contributed by atoms with van der Waals surface area (Å²) in [4.78, 5) is 23.5. The Morgan fingerprint density at radius 3 is 2.62 bits per heavy atom. The SMILES string of the molecule is CCOC(=O)CN1C(=S)N[C@@H](c2ccccn2)[C@H]1c1cc(C)n(-c2ncccc2C)c1C. The number of hydrogen-bond acceptors (Lipinski definition) is 5. The summed E-state index contributed by atoms with van der Waals surface area (Å²) in [5.74, 6) is 0.589. The highest BCUT2D eigenvalue weighted by Gasteiger charge is 2.42. The van der Waals surface area contributed by atoms with E-state index in [1.165, 1.54) is 0 Å². The molecular weight excluding hydrogens is 422 g/mol. The van der Waals surface area contributed by atoms with Crippen molar-refractivity contribution in [2.75, 3.05) is 13.2 Å². The highest BCUT2D eigenvalue weighted by atomic mass is 32.1. The molecule has 0 radical (unpaired) electrons. The van der Waals surface area contributed by atoms with Crippen LogP contribution in [0.15, 0.2) is 48.8 Å². The molecule has 3 aromatic rings. The first-order valence-corrected chi connectivity index (χ1v) is 11.1. The Balaban J connectivity index is 1.83. The van der Waals surface area contributed by atoms with Gasteiger partial charge in [-0.15, -0.1) is 0 Å². The predicted molar refractivity (Wildman–Crippen MR) is 127 cm³/mol. The molecule has 0 bridgehead atoms. The van der Waals surface area contributed by atoms with Crippen LogP contribution in [0.5, 0.6) is 0 Å². The molecule has 1 aliphatic rings. The molecule has 3 aromatic heterocycles. The summed E-state index contributed by atoms with van der Waals surface area (Å²) in [5, 5.41) is 3.90. The van der Waals surface area contributed by atoms with Crippen molar-refractivity contribution in [3.8, 4) is 5.82 Å². The minimum Gasteiger partial charge on any atom is -0.465 e. The first-order valence-electron chi connectivity index (χ1n) is 10.7. The van der Waals surface area contributed by atoms with Gasteiger partial charge in [0.2, 0.25) is 0 Å². The van der Waals surface area contributed by atoms with E-state index in [0.29, 0.717) is 11.7 Å². The molecule has 1 fully saturated rings. The molecule has 166 valence electrons. The van der Waals surface area contributed by atoms with E-state index in [-0.39, 0.29) is 24.6 Å². The fraction of sp³-hybridized carbons (Fsp3) is 0.333. The fourth-order valence-corrected chi connectivity index (χ4v) is 4.69. The summed E-state index contributed by atoms with van der Waals surface area (Å²) in [5.41, 5.74) is 5.14. The van der Waals surface area contributed by atoms with E-state index in [0.717, 1.165) is 34.0 Å². The van der Waals surface area contributed by atoms with Crippen LogP contribution in [-0.4, -0.2) is 43.7 Å². The van der Waals surface area contributed by atoms with Gasteiger partial charge >= 0.3 is 5.97 Å². The van der Waals surface area contributed by atoms with Crippen LogP contribution in [0.2, 0.25) is 0 Å². The lowest BCUT2D eigenvalue weighted by Crippen LogP contribution is -2.35. The second-order valence-corrected chi connectivity index (χ2v) is 8.25. The maximum Gasteiger partial charge on any atom is 0.325 e. The number of hydrogen-bond donors (Lipinski definition) is 1. The molecule has 0 unspecified atom stereocenters. The quantitative estimate of drug-likeness (QED) is 0.454. The molecule has 0 aliphatic carbocycles. The zero-order chi connectivity index (χ0) is 22.8. The lowest BCUT2D eigenvalue weighted by molar-refractivity contribution is -0.143. The smallest absolute Gasteiger partial charge is 0.325 e. The third kappa shape index (κ3) is 3.98. The Hall–Kier alpha value is -3.26. The normalized spacial score (nSPS) is 18.0. The van der Waals surface area contributed by atoms with Crippen molar-refractivity contribution < 1.29 is 9.53 Å². The van der Waals surface area contributed by atoms with Gasteiger partial charge in [0, 0.05) is 23.8 Å². The number of pyridine rings is 2. The number of nitrogens with zero attached hydrogens (tertiary/aromatic N) is 4. The van der Waals surface area contributed by atoms with Crippen LogP contribution >= 0.6 is 12.2 Å². The van der Waals surface area contributed by atoms with E-state index in [2.05, 4.69) is 52.8 Å². The number of nitrogens with one attached hydrogen (secondary N) is 1. The summed E-state index contributed by atoms with van der Waals surface area (Å²) >= 11 is 5.65. The van der Waals surface area contributed by atoms with Gasteiger partial charge < -0.3 is 19.5 Å². The van der Waals surface area contributed by atoms with E-state index in [1.54, 1.807) is 19.3 Å². The van der Waals surface area contributed by atoms with E-state index in [4.69, 9.17) is 17.0 Å². The van der Waals surface area contributed by atoms with E-state index in [9.17, 15) is 4.79 Å². The van der Waals surface area contributed by atoms with Crippen molar-refractivity contribution in [3.63, 3.8) is 0 Å². The van der Waals surface area contributed by atoms with E-state index < -0.39 is 0 Å². The summed E-state index contributed by atoms with van der Waals surface area (Å²) in [7, 11) is 0. The minimum absolute atomic E-state index is 0.0694. The van der Waals surface area contributed by atoms with Crippen molar-refractivity contribution in [1.29, 1.82) is 0 Å².